The SMILES string of the molecule is CCc1ccc(-n2cc(C(=O)NOC(C)C)c(=O)c(C=N)c2N)cc1. The van der Waals surface area contributed by atoms with E-state index in [9.17, 15) is 9.59 Å². The van der Waals surface area contributed by atoms with E-state index in [1.807, 2.05) is 31.2 Å². The molecule has 0 aliphatic carbocycles. The molecular weight excluding hydrogens is 320 g/mol. The molecule has 0 radical (unpaired) electrons. The molecule has 1 aromatic carbocycles. The highest BCUT2D eigenvalue weighted by atomic mass is 16.7. The van der Waals surface area contributed by atoms with E-state index < -0.39 is 11.3 Å². The zero-order valence-electron chi connectivity index (χ0n) is 14.5. The fourth-order valence-corrected chi connectivity index (χ4v) is 2.28. The molecule has 0 aliphatic rings. The standard InChI is InChI=1S/C18H22N4O3/c1-4-12-5-7-13(8-6-12)22-10-15(18(24)21-25-11(2)3)16(23)14(9-19)17(22)20/h5-11,19H,4,20H2,1-3H3,(H,21,24). The minimum atomic E-state index is -0.680. The van der Waals surface area contributed by atoms with E-state index in [1.54, 1.807) is 13.8 Å². The fourth-order valence-electron chi connectivity index (χ4n) is 2.28. The maximum Gasteiger partial charge on any atom is 0.280 e. The summed E-state index contributed by atoms with van der Waals surface area (Å²) < 4.78 is 1.52. The molecule has 0 saturated carbocycles. The molecule has 0 fully saturated rings. The Labute approximate surface area is 145 Å². The van der Waals surface area contributed by atoms with Crippen LogP contribution >= 0.6 is 0 Å². The van der Waals surface area contributed by atoms with Crippen LogP contribution in [0.25, 0.3) is 5.69 Å². The summed E-state index contributed by atoms with van der Waals surface area (Å²) >= 11 is 0. The average molecular weight is 342 g/mol. The maximum absolute atomic E-state index is 12.4. The van der Waals surface area contributed by atoms with Crippen molar-refractivity contribution in [2.45, 2.75) is 33.3 Å². The lowest BCUT2D eigenvalue weighted by Gasteiger charge is -2.15. The van der Waals surface area contributed by atoms with Crippen LogP contribution in [0.2, 0.25) is 0 Å². The lowest BCUT2D eigenvalue weighted by molar-refractivity contribution is 0.0000811. The minimum Gasteiger partial charge on any atom is -0.384 e. The number of hydrogen-bond donors (Lipinski definition) is 3. The van der Waals surface area contributed by atoms with Gasteiger partial charge in [-0.3, -0.25) is 14.4 Å². The second-order valence-corrected chi connectivity index (χ2v) is 5.80. The third-order valence-corrected chi connectivity index (χ3v) is 3.68. The number of amides is 1. The van der Waals surface area contributed by atoms with Gasteiger partial charge in [0.15, 0.2) is 0 Å². The Morgan fingerprint density at radius 2 is 2.00 bits per heavy atom. The number of nitrogens with zero attached hydrogens (tertiary/aromatic N) is 1. The lowest BCUT2D eigenvalue weighted by atomic mass is 10.1. The number of carbonyl (C=O) groups excluding carboxylic acids is 1. The topological polar surface area (TPSA) is 110 Å². The molecule has 7 nitrogen and oxygen atoms in total. The fraction of sp³-hybridized carbons (Fsp3) is 0.278. The molecule has 2 rings (SSSR count). The first-order chi connectivity index (χ1) is 11.9. The van der Waals surface area contributed by atoms with E-state index in [2.05, 4.69) is 5.48 Å². The van der Waals surface area contributed by atoms with Crippen LogP contribution in [-0.2, 0) is 11.3 Å². The van der Waals surface area contributed by atoms with Gasteiger partial charge in [0.2, 0.25) is 5.43 Å². The van der Waals surface area contributed by atoms with Crippen LogP contribution in [0, 0.1) is 5.41 Å². The van der Waals surface area contributed by atoms with E-state index in [1.165, 1.54) is 10.8 Å². The number of hydroxylamine groups is 1. The molecule has 0 unspecified atom stereocenters. The van der Waals surface area contributed by atoms with Crippen molar-refractivity contribution in [3.8, 4) is 5.69 Å². The number of aryl methyl sites for hydroxylation is 1. The van der Waals surface area contributed by atoms with Crippen molar-refractivity contribution < 1.29 is 9.63 Å². The number of nitrogen functional groups attached to an aromatic ring is 1. The number of rotatable bonds is 6. The molecule has 0 spiro atoms. The zero-order valence-corrected chi connectivity index (χ0v) is 14.5. The summed E-state index contributed by atoms with van der Waals surface area (Å²) in [6.45, 7) is 5.55. The van der Waals surface area contributed by atoms with Gasteiger partial charge in [-0.05, 0) is 38.0 Å². The second-order valence-electron chi connectivity index (χ2n) is 5.80. The Morgan fingerprint density at radius 1 is 1.36 bits per heavy atom. The highest BCUT2D eigenvalue weighted by Gasteiger charge is 2.18. The average Bonchev–Trinajstić information content (AvgIpc) is 2.60. The summed E-state index contributed by atoms with van der Waals surface area (Å²) in [5.41, 5.74) is 9.32. The summed E-state index contributed by atoms with van der Waals surface area (Å²) in [6.07, 6.45) is 2.88. The van der Waals surface area contributed by atoms with Crippen molar-refractivity contribution in [2.75, 3.05) is 5.73 Å². The van der Waals surface area contributed by atoms with Crippen LogP contribution in [0.3, 0.4) is 0 Å². The van der Waals surface area contributed by atoms with Crippen LogP contribution in [0.4, 0.5) is 5.82 Å². The molecular formula is C18H22N4O3. The summed E-state index contributed by atoms with van der Waals surface area (Å²) in [4.78, 5) is 29.8. The molecule has 132 valence electrons. The van der Waals surface area contributed by atoms with Gasteiger partial charge in [-0.2, -0.15) is 0 Å². The zero-order chi connectivity index (χ0) is 18.6. The van der Waals surface area contributed by atoms with Gasteiger partial charge in [-0.15, -0.1) is 0 Å². The minimum absolute atomic E-state index is 0.0447. The molecule has 1 aromatic heterocycles. The van der Waals surface area contributed by atoms with Gasteiger partial charge in [-0.1, -0.05) is 19.1 Å². The Kier molecular flexibility index (Phi) is 5.71. The van der Waals surface area contributed by atoms with E-state index in [0.717, 1.165) is 18.2 Å². The largest absolute Gasteiger partial charge is 0.384 e. The van der Waals surface area contributed by atoms with Gasteiger partial charge >= 0.3 is 0 Å². The Morgan fingerprint density at radius 3 is 2.52 bits per heavy atom. The highest BCUT2D eigenvalue weighted by Crippen LogP contribution is 2.17. The third kappa shape index (κ3) is 3.95. The number of nitrogens with one attached hydrogen (secondary N) is 2. The van der Waals surface area contributed by atoms with E-state index in [4.69, 9.17) is 16.0 Å². The molecule has 0 saturated heterocycles. The van der Waals surface area contributed by atoms with Crippen molar-refractivity contribution in [1.29, 1.82) is 5.41 Å². The van der Waals surface area contributed by atoms with Crippen molar-refractivity contribution in [2.24, 2.45) is 0 Å². The summed E-state index contributed by atoms with van der Waals surface area (Å²) in [7, 11) is 0. The normalized spacial score (nSPS) is 10.7. The third-order valence-electron chi connectivity index (χ3n) is 3.68. The first-order valence-corrected chi connectivity index (χ1v) is 7.99. The molecule has 0 atom stereocenters. The molecule has 25 heavy (non-hydrogen) atoms. The van der Waals surface area contributed by atoms with Crippen molar-refractivity contribution in [3.63, 3.8) is 0 Å². The van der Waals surface area contributed by atoms with Crippen molar-refractivity contribution in [3.05, 3.63) is 57.4 Å². The van der Waals surface area contributed by atoms with Crippen molar-refractivity contribution >= 4 is 17.9 Å². The van der Waals surface area contributed by atoms with E-state index in [-0.39, 0.29) is 23.0 Å². The molecule has 0 bridgehead atoms. The monoisotopic (exact) mass is 342 g/mol. The molecule has 4 N–H and O–H groups in total. The van der Waals surface area contributed by atoms with Crippen molar-refractivity contribution in [1.82, 2.24) is 10.0 Å². The number of anilines is 1. The summed E-state index contributed by atoms with van der Waals surface area (Å²) in [6, 6.07) is 7.58. The quantitative estimate of drug-likeness (QED) is 0.551. The highest BCUT2D eigenvalue weighted by molar-refractivity contribution is 5.96. The molecule has 1 heterocycles. The van der Waals surface area contributed by atoms with Gasteiger partial charge in [0.05, 0.1) is 11.7 Å². The number of pyridine rings is 1. The molecule has 2 aromatic rings. The number of nitrogens with two attached hydrogens (primary N) is 1. The predicted octanol–water partition coefficient (Wildman–Crippen LogP) is 2.05. The van der Waals surface area contributed by atoms with E-state index >= 15 is 0 Å². The van der Waals surface area contributed by atoms with Gasteiger partial charge < -0.3 is 15.7 Å². The van der Waals surface area contributed by atoms with Crippen LogP contribution in [0.15, 0.2) is 35.3 Å². The van der Waals surface area contributed by atoms with Gasteiger partial charge in [0, 0.05) is 18.1 Å². The smallest absolute Gasteiger partial charge is 0.280 e. The Bertz CT molecular complexity index is 839. The van der Waals surface area contributed by atoms with Crippen LogP contribution in [0.5, 0.6) is 0 Å². The second kappa shape index (κ2) is 7.76. The Balaban J connectivity index is 2.56. The number of carbonyl (C=O) groups is 1. The lowest BCUT2D eigenvalue weighted by Crippen LogP contribution is -2.33. The van der Waals surface area contributed by atoms with Crippen LogP contribution in [0.1, 0.15) is 42.3 Å². The molecule has 0 aliphatic heterocycles. The van der Waals surface area contributed by atoms with Gasteiger partial charge in [0.25, 0.3) is 5.91 Å². The van der Waals surface area contributed by atoms with Crippen LogP contribution < -0.4 is 16.6 Å². The maximum atomic E-state index is 12.4. The summed E-state index contributed by atoms with van der Waals surface area (Å²) in [5, 5.41) is 7.47. The molecule has 7 heteroatoms. The number of benzene rings is 1. The number of aromatic nitrogens is 1. The number of hydrogen-bond acceptors (Lipinski definition) is 5. The van der Waals surface area contributed by atoms with Gasteiger partial charge in [0.1, 0.15) is 11.4 Å². The molecule has 1 amide bonds. The van der Waals surface area contributed by atoms with E-state index in [0.29, 0.717) is 5.69 Å². The Hall–Kier alpha value is -2.93. The first-order valence-electron chi connectivity index (χ1n) is 7.99. The van der Waals surface area contributed by atoms with Gasteiger partial charge in [-0.25, -0.2) is 5.48 Å². The summed E-state index contributed by atoms with van der Waals surface area (Å²) in [5.74, 6) is -0.577. The first kappa shape index (κ1) is 18.4. The van der Waals surface area contributed by atoms with Crippen LogP contribution in [-0.4, -0.2) is 22.8 Å². The predicted molar refractivity (Wildman–Crippen MR) is 97.4 cm³/mol.